The smallest absolute Gasteiger partial charge is 0.320 e. The minimum Gasteiger partial charge on any atom is -0.480 e. The number of carbonyl (C=O) groups is 2. The van der Waals surface area contributed by atoms with Crippen LogP contribution in [0.1, 0.15) is 31.4 Å². The fourth-order valence-electron chi connectivity index (χ4n) is 2.67. The molecule has 1 aromatic carbocycles. The summed E-state index contributed by atoms with van der Waals surface area (Å²) in [6.07, 6.45) is 1.41. The van der Waals surface area contributed by atoms with Gasteiger partial charge in [0.15, 0.2) is 0 Å². The Kier molecular flexibility index (Phi) is 5.20. The van der Waals surface area contributed by atoms with Crippen LogP contribution in [-0.4, -0.2) is 41.0 Å². The third-order valence-corrected chi connectivity index (χ3v) is 4.09. The fraction of sp³-hybridized carbons (Fsp3) is 0.467. The van der Waals surface area contributed by atoms with Crippen molar-refractivity contribution in [2.75, 3.05) is 13.1 Å². The molecule has 1 aromatic rings. The zero-order valence-corrected chi connectivity index (χ0v) is 12.6. The Morgan fingerprint density at radius 2 is 2.19 bits per heavy atom. The van der Waals surface area contributed by atoms with Gasteiger partial charge in [-0.05, 0) is 37.9 Å². The molecule has 1 saturated heterocycles. The summed E-state index contributed by atoms with van der Waals surface area (Å²) in [4.78, 5) is 24.9. The normalized spacial score (nSPS) is 20.2. The highest BCUT2D eigenvalue weighted by Gasteiger charge is 2.31. The zero-order valence-electron chi connectivity index (χ0n) is 11.9. The number of likely N-dealkylation sites (tertiary alicyclic amines) is 1. The monoisotopic (exact) mass is 310 g/mol. The molecule has 0 aliphatic carbocycles. The SMILES string of the molecule is C[C@H](NC(=O)CN1CCC[C@@H]1C(=O)O)c1ccccc1Cl. The molecular weight excluding hydrogens is 292 g/mol. The number of hydrogen-bond acceptors (Lipinski definition) is 3. The maximum Gasteiger partial charge on any atom is 0.320 e. The van der Waals surface area contributed by atoms with Crippen LogP contribution in [0.4, 0.5) is 0 Å². The van der Waals surface area contributed by atoms with E-state index in [-0.39, 0.29) is 18.5 Å². The molecular formula is C15H19ClN2O3. The first-order valence-electron chi connectivity index (χ1n) is 6.99. The minimum absolute atomic E-state index is 0.103. The van der Waals surface area contributed by atoms with E-state index in [1.54, 1.807) is 11.0 Å². The molecule has 5 nitrogen and oxygen atoms in total. The number of carbonyl (C=O) groups excluding carboxylic acids is 1. The highest BCUT2D eigenvalue weighted by molar-refractivity contribution is 6.31. The average Bonchev–Trinajstić information content (AvgIpc) is 2.87. The molecule has 2 N–H and O–H groups in total. The molecule has 1 amide bonds. The van der Waals surface area contributed by atoms with E-state index in [4.69, 9.17) is 16.7 Å². The van der Waals surface area contributed by atoms with Crippen molar-refractivity contribution >= 4 is 23.5 Å². The summed E-state index contributed by atoms with van der Waals surface area (Å²) in [7, 11) is 0. The third kappa shape index (κ3) is 3.95. The molecule has 1 aliphatic heterocycles. The van der Waals surface area contributed by atoms with Crippen LogP contribution in [0.3, 0.4) is 0 Å². The molecule has 0 saturated carbocycles. The molecule has 6 heteroatoms. The van der Waals surface area contributed by atoms with Crippen molar-refractivity contribution in [3.8, 4) is 0 Å². The van der Waals surface area contributed by atoms with Crippen molar-refractivity contribution in [2.45, 2.75) is 31.8 Å². The van der Waals surface area contributed by atoms with Crippen molar-refractivity contribution in [1.82, 2.24) is 10.2 Å². The van der Waals surface area contributed by atoms with Gasteiger partial charge in [0.05, 0.1) is 12.6 Å². The molecule has 1 heterocycles. The summed E-state index contributed by atoms with van der Waals surface area (Å²) >= 11 is 6.10. The van der Waals surface area contributed by atoms with Crippen molar-refractivity contribution in [3.05, 3.63) is 34.9 Å². The summed E-state index contributed by atoms with van der Waals surface area (Å²) in [6.45, 7) is 2.61. The van der Waals surface area contributed by atoms with Crippen LogP contribution in [0.25, 0.3) is 0 Å². The Morgan fingerprint density at radius 3 is 2.86 bits per heavy atom. The topological polar surface area (TPSA) is 69.6 Å². The average molecular weight is 311 g/mol. The van der Waals surface area contributed by atoms with E-state index >= 15 is 0 Å². The van der Waals surface area contributed by atoms with Crippen LogP contribution in [0, 0.1) is 0 Å². The number of nitrogens with zero attached hydrogens (tertiary/aromatic N) is 1. The van der Waals surface area contributed by atoms with E-state index in [0.717, 1.165) is 12.0 Å². The van der Waals surface area contributed by atoms with E-state index in [1.807, 2.05) is 25.1 Å². The van der Waals surface area contributed by atoms with Gasteiger partial charge in [-0.15, -0.1) is 0 Å². The van der Waals surface area contributed by atoms with Crippen molar-refractivity contribution in [2.24, 2.45) is 0 Å². The molecule has 2 atom stereocenters. The first kappa shape index (κ1) is 15.8. The molecule has 0 spiro atoms. The predicted molar refractivity (Wildman–Crippen MR) is 80.2 cm³/mol. The van der Waals surface area contributed by atoms with Crippen molar-refractivity contribution in [1.29, 1.82) is 0 Å². The number of halogens is 1. The lowest BCUT2D eigenvalue weighted by molar-refractivity contribution is -0.142. The molecule has 0 bridgehead atoms. The second-order valence-electron chi connectivity index (χ2n) is 5.28. The standard InChI is InChI=1S/C15H19ClN2O3/c1-10(11-5-2-3-6-12(11)16)17-14(19)9-18-8-4-7-13(18)15(20)21/h2-3,5-6,10,13H,4,7-9H2,1H3,(H,17,19)(H,20,21)/t10-,13+/m0/s1. The van der Waals surface area contributed by atoms with Gasteiger partial charge in [0.2, 0.25) is 5.91 Å². The molecule has 1 aliphatic rings. The van der Waals surface area contributed by atoms with Gasteiger partial charge in [0, 0.05) is 5.02 Å². The number of aliphatic carboxylic acids is 1. The number of amides is 1. The number of nitrogens with one attached hydrogen (secondary N) is 1. The van der Waals surface area contributed by atoms with Gasteiger partial charge in [-0.3, -0.25) is 14.5 Å². The van der Waals surface area contributed by atoms with Gasteiger partial charge in [0.25, 0.3) is 0 Å². The van der Waals surface area contributed by atoms with Crippen LogP contribution < -0.4 is 5.32 Å². The summed E-state index contributed by atoms with van der Waals surface area (Å²) in [5, 5.41) is 12.6. The lowest BCUT2D eigenvalue weighted by Crippen LogP contribution is -2.43. The van der Waals surface area contributed by atoms with Gasteiger partial charge in [-0.25, -0.2) is 0 Å². The summed E-state index contributed by atoms with van der Waals surface area (Å²) in [5.41, 5.74) is 0.851. The molecule has 0 radical (unpaired) electrons. The Balaban J connectivity index is 1.93. The molecule has 0 aromatic heterocycles. The van der Waals surface area contributed by atoms with Gasteiger partial charge >= 0.3 is 5.97 Å². The van der Waals surface area contributed by atoms with Gasteiger partial charge < -0.3 is 10.4 Å². The lowest BCUT2D eigenvalue weighted by Gasteiger charge is -2.22. The van der Waals surface area contributed by atoms with Gasteiger partial charge in [0.1, 0.15) is 6.04 Å². The summed E-state index contributed by atoms with van der Waals surface area (Å²) in [5.74, 6) is -1.05. The number of rotatable bonds is 5. The Hall–Kier alpha value is -1.59. The molecule has 21 heavy (non-hydrogen) atoms. The van der Waals surface area contributed by atoms with E-state index in [9.17, 15) is 9.59 Å². The van der Waals surface area contributed by atoms with Gasteiger partial charge in [-0.2, -0.15) is 0 Å². The van der Waals surface area contributed by atoms with E-state index in [0.29, 0.717) is 18.0 Å². The van der Waals surface area contributed by atoms with Crippen LogP contribution >= 0.6 is 11.6 Å². The fourth-order valence-corrected chi connectivity index (χ4v) is 2.97. The first-order valence-corrected chi connectivity index (χ1v) is 7.37. The van der Waals surface area contributed by atoms with Crippen LogP contribution in [0.15, 0.2) is 24.3 Å². The molecule has 1 fully saturated rings. The highest BCUT2D eigenvalue weighted by atomic mass is 35.5. The van der Waals surface area contributed by atoms with E-state index < -0.39 is 12.0 Å². The van der Waals surface area contributed by atoms with Gasteiger partial charge in [-0.1, -0.05) is 29.8 Å². The molecule has 2 rings (SSSR count). The minimum atomic E-state index is -0.862. The molecule has 114 valence electrons. The Labute approximate surface area is 128 Å². The Morgan fingerprint density at radius 1 is 1.48 bits per heavy atom. The first-order chi connectivity index (χ1) is 9.99. The zero-order chi connectivity index (χ0) is 15.4. The van der Waals surface area contributed by atoms with Crippen LogP contribution in [-0.2, 0) is 9.59 Å². The Bertz CT molecular complexity index is 535. The lowest BCUT2D eigenvalue weighted by atomic mass is 10.1. The largest absolute Gasteiger partial charge is 0.480 e. The van der Waals surface area contributed by atoms with Crippen molar-refractivity contribution in [3.63, 3.8) is 0 Å². The second-order valence-corrected chi connectivity index (χ2v) is 5.68. The van der Waals surface area contributed by atoms with Crippen LogP contribution in [0.2, 0.25) is 5.02 Å². The maximum atomic E-state index is 12.1. The van der Waals surface area contributed by atoms with E-state index in [1.165, 1.54) is 0 Å². The number of carboxylic acid groups (broad SMARTS) is 1. The summed E-state index contributed by atoms with van der Waals surface area (Å²) in [6, 6.07) is 6.58. The third-order valence-electron chi connectivity index (χ3n) is 3.74. The number of carboxylic acids is 1. The molecule has 0 unspecified atom stereocenters. The highest BCUT2D eigenvalue weighted by Crippen LogP contribution is 2.22. The maximum absolute atomic E-state index is 12.1. The van der Waals surface area contributed by atoms with Crippen LogP contribution in [0.5, 0.6) is 0 Å². The van der Waals surface area contributed by atoms with Crippen molar-refractivity contribution < 1.29 is 14.7 Å². The second kappa shape index (κ2) is 6.91. The summed E-state index contributed by atoms with van der Waals surface area (Å²) < 4.78 is 0. The predicted octanol–water partition coefficient (Wildman–Crippen LogP) is 2.07. The number of hydrogen-bond donors (Lipinski definition) is 2. The number of benzene rings is 1. The quantitative estimate of drug-likeness (QED) is 0.873. The van der Waals surface area contributed by atoms with E-state index in [2.05, 4.69) is 5.32 Å².